The second-order valence-electron chi connectivity index (χ2n) is 7.86. The van der Waals surface area contributed by atoms with E-state index < -0.39 is 24.3 Å². The molecule has 1 saturated carbocycles. The molecule has 0 aliphatic heterocycles. The van der Waals surface area contributed by atoms with Crippen molar-refractivity contribution in [2.45, 2.75) is 57.1 Å². The van der Waals surface area contributed by atoms with Crippen molar-refractivity contribution < 1.29 is 31.4 Å². The fourth-order valence-corrected chi connectivity index (χ4v) is 3.94. The zero-order valence-electron chi connectivity index (χ0n) is 17.2. The number of allylic oxidation sites excluding steroid dienone is 1. The van der Waals surface area contributed by atoms with Gasteiger partial charge in [0.2, 0.25) is 0 Å². The molecule has 0 aromatic heterocycles. The molecule has 2 aromatic rings. The molecule has 0 radical (unpaired) electrons. The van der Waals surface area contributed by atoms with Crippen molar-refractivity contribution in [1.82, 2.24) is 0 Å². The molecule has 1 unspecified atom stereocenters. The minimum atomic E-state index is -4.81. The minimum Gasteiger partial charge on any atom is -0.406 e. The number of alkyl halides is 5. The average Bonchev–Trinajstić information content (AvgIpc) is 2.73. The van der Waals surface area contributed by atoms with Gasteiger partial charge in [-0.3, -0.25) is 0 Å². The summed E-state index contributed by atoms with van der Waals surface area (Å²) < 4.78 is 74.8. The molecular formula is C24H25F5O2. The Morgan fingerprint density at radius 1 is 0.903 bits per heavy atom. The summed E-state index contributed by atoms with van der Waals surface area (Å²) in [6.45, 7) is 5.25. The molecule has 0 amide bonds. The summed E-state index contributed by atoms with van der Waals surface area (Å²) in [6.07, 6.45) is -3.28. The third-order valence-electron chi connectivity index (χ3n) is 5.73. The van der Waals surface area contributed by atoms with Crippen molar-refractivity contribution in [2.24, 2.45) is 5.92 Å². The molecule has 1 atom stereocenters. The maximum Gasteiger partial charge on any atom is 0.573 e. The van der Waals surface area contributed by atoms with Crippen molar-refractivity contribution in [3.63, 3.8) is 0 Å². The monoisotopic (exact) mass is 440 g/mol. The maximum atomic E-state index is 14.7. The van der Waals surface area contributed by atoms with E-state index in [0.29, 0.717) is 17.4 Å². The highest BCUT2D eigenvalue weighted by molar-refractivity contribution is 5.30. The quantitative estimate of drug-likeness (QED) is 0.322. The normalized spacial score (nSPS) is 20.8. The lowest BCUT2D eigenvalue weighted by Gasteiger charge is -2.27. The van der Waals surface area contributed by atoms with Crippen molar-refractivity contribution in [3.8, 4) is 5.75 Å². The standard InChI is InChI=1S/C24H25F5O2/c1-3-17-4-6-19(7-5-17)20-8-12-21(13-9-20)23(25,26)30-16(2)18-10-14-22(15-11-18)31-24(27,28)29/h3,8-17,19H,1,4-7H2,2H3. The fraction of sp³-hybridized carbons (Fsp3) is 0.417. The Labute approximate surface area is 178 Å². The Hall–Kier alpha value is -2.41. The minimum absolute atomic E-state index is 0.264. The van der Waals surface area contributed by atoms with Crippen LogP contribution in [-0.2, 0) is 10.8 Å². The highest BCUT2D eigenvalue weighted by Crippen LogP contribution is 2.39. The lowest BCUT2D eigenvalue weighted by atomic mass is 9.78. The number of hydrogen-bond donors (Lipinski definition) is 0. The summed E-state index contributed by atoms with van der Waals surface area (Å²) in [5.41, 5.74) is 1.08. The topological polar surface area (TPSA) is 18.5 Å². The van der Waals surface area contributed by atoms with E-state index in [0.717, 1.165) is 43.4 Å². The number of ether oxygens (including phenoxy) is 2. The van der Waals surface area contributed by atoms with Crippen LogP contribution in [0.25, 0.3) is 0 Å². The van der Waals surface area contributed by atoms with Gasteiger partial charge in [-0.1, -0.05) is 42.5 Å². The Morgan fingerprint density at radius 2 is 1.48 bits per heavy atom. The molecule has 31 heavy (non-hydrogen) atoms. The molecule has 0 spiro atoms. The Morgan fingerprint density at radius 3 is 2.00 bits per heavy atom. The van der Waals surface area contributed by atoms with Gasteiger partial charge in [0, 0.05) is 0 Å². The predicted molar refractivity (Wildman–Crippen MR) is 108 cm³/mol. The third kappa shape index (κ3) is 6.29. The van der Waals surface area contributed by atoms with Crippen LogP contribution in [0.15, 0.2) is 61.2 Å². The van der Waals surface area contributed by atoms with Crippen LogP contribution in [0.3, 0.4) is 0 Å². The summed E-state index contributed by atoms with van der Waals surface area (Å²) in [4.78, 5) is 0. The van der Waals surface area contributed by atoms with Gasteiger partial charge in [-0.2, -0.15) is 8.78 Å². The second kappa shape index (κ2) is 9.39. The van der Waals surface area contributed by atoms with Gasteiger partial charge in [0.25, 0.3) is 0 Å². The maximum absolute atomic E-state index is 14.7. The highest BCUT2D eigenvalue weighted by Gasteiger charge is 2.36. The van der Waals surface area contributed by atoms with E-state index in [2.05, 4.69) is 11.3 Å². The van der Waals surface area contributed by atoms with Crippen molar-refractivity contribution >= 4 is 0 Å². The predicted octanol–water partition coefficient (Wildman–Crippen LogP) is 7.87. The number of halogens is 5. The molecule has 0 saturated heterocycles. The van der Waals surface area contributed by atoms with E-state index >= 15 is 0 Å². The first-order chi connectivity index (χ1) is 14.6. The van der Waals surface area contributed by atoms with Gasteiger partial charge in [-0.15, -0.1) is 19.8 Å². The first-order valence-electron chi connectivity index (χ1n) is 10.2. The summed E-state index contributed by atoms with van der Waals surface area (Å²) >= 11 is 0. The van der Waals surface area contributed by atoms with Crippen LogP contribution in [0.2, 0.25) is 0 Å². The third-order valence-corrected chi connectivity index (χ3v) is 5.73. The van der Waals surface area contributed by atoms with Crippen LogP contribution in [0.4, 0.5) is 22.0 Å². The Balaban J connectivity index is 1.62. The van der Waals surface area contributed by atoms with Gasteiger partial charge in [0.15, 0.2) is 0 Å². The van der Waals surface area contributed by atoms with Crippen LogP contribution in [0, 0.1) is 5.92 Å². The van der Waals surface area contributed by atoms with E-state index in [-0.39, 0.29) is 5.56 Å². The van der Waals surface area contributed by atoms with Gasteiger partial charge in [0.1, 0.15) is 5.75 Å². The molecule has 7 heteroatoms. The molecule has 0 heterocycles. The second-order valence-corrected chi connectivity index (χ2v) is 7.86. The van der Waals surface area contributed by atoms with Crippen molar-refractivity contribution in [3.05, 3.63) is 77.9 Å². The van der Waals surface area contributed by atoms with E-state index in [1.165, 1.54) is 31.2 Å². The van der Waals surface area contributed by atoms with Gasteiger partial charge in [-0.25, -0.2) is 0 Å². The fourth-order valence-electron chi connectivity index (χ4n) is 3.94. The van der Waals surface area contributed by atoms with Crippen LogP contribution in [0.5, 0.6) is 5.75 Å². The van der Waals surface area contributed by atoms with E-state index in [1.54, 1.807) is 12.1 Å². The molecule has 1 aliphatic carbocycles. The zero-order valence-corrected chi connectivity index (χ0v) is 17.2. The van der Waals surface area contributed by atoms with Crippen molar-refractivity contribution in [1.29, 1.82) is 0 Å². The molecule has 1 fully saturated rings. The molecule has 2 nitrogen and oxygen atoms in total. The molecule has 1 aliphatic rings. The van der Waals surface area contributed by atoms with Crippen LogP contribution < -0.4 is 4.74 Å². The SMILES string of the molecule is C=CC1CCC(c2ccc(C(F)(F)OC(C)c3ccc(OC(F)(F)F)cc3)cc2)CC1. The van der Waals surface area contributed by atoms with Gasteiger partial charge < -0.3 is 9.47 Å². The number of benzene rings is 2. The zero-order chi connectivity index (χ0) is 22.6. The van der Waals surface area contributed by atoms with Gasteiger partial charge >= 0.3 is 12.5 Å². The largest absolute Gasteiger partial charge is 0.573 e. The van der Waals surface area contributed by atoms with Crippen LogP contribution in [0.1, 0.15) is 61.3 Å². The Kier molecular flexibility index (Phi) is 7.04. The molecule has 0 N–H and O–H groups in total. The number of rotatable bonds is 7. The number of hydrogen-bond acceptors (Lipinski definition) is 2. The van der Waals surface area contributed by atoms with Crippen LogP contribution in [-0.4, -0.2) is 6.36 Å². The lowest BCUT2D eigenvalue weighted by Crippen LogP contribution is -2.21. The average molecular weight is 440 g/mol. The van der Waals surface area contributed by atoms with Crippen molar-refractivity contribution in [2.75, 3.05) is 0 Å². The van der Waals surface area contributed by atoms with Gasteiger partial charge in [-0.05, 0) is 67.7 Å². The smallest absolute Gasteiger partial charge is 0.406 e. The first kappa shape index (κ1) is 23.3. The summed E-state index contributed by atoms with van der Waals surface area (Å²) in [6, 6.07) is 10.9. The first-order valence-corrected chi connectivity index (χ1v) is 10.2. The Bertz CT molecular complexity index is 851. The molecular weight excluding hydrogens is 415 g/mol. The lowest BCUT2D eigenvalue weighted by molar-refractivity contribution is -0.274. The van der Waals surface area contributed by atoms with E-state index in [9.17, 15) is 22.0 Å². The summed E-state index contributed by atoms with van der Waals surface area (Å²) in [5.74, 6) is 0.466. The summed E-state index contributed by atoms with van der Waals surface area (Å²) in [7, 11) is 0. The molecule has 0 bridgehead atoms. The highest BCUT2D eigenvalue weighted by atomic mass is 19.4. The molecule has 3 rings (SSSR count). The van der Waals surface area contributed by atoms with E-state index in [1.807, 2.05) is 6.08 Å². The van der Waals surface area contributed by atoms with Crippen LogP contribution >= 0.6 is 0 Å². The molecule has 168 valence electrons. The molecule has 2 aromatic carbocycles. The summed E-state index contributed by atoms with van der Waals surface area (Å²) in [5, 5.41) is 0. The van der Waals surface area contributed by atoms with Gasteiger partial charge in [0.05, 0.1) is 11.7 Å². The van der Waals surface area contributed by atoms with E-state index in [4.69, 9.17) is 4.74 Å².